The number of anilines is 1. The number of hydrogen-bond donors (Lipinski definition) is 0. The maximum Gasteiger partial charge on any atom is 0.271 e. The van der Waals surface area contributed by atoms with Crippen LogP contribution >= 0.6 is 11.3 Å². The standard InChI is InChI=1S/C26H28N4O3S/c1-26(2)14-18-19(15-33-26)23(29-10-12-32-13-11-29)28-24-20(18)21-22(34-24)25(31)30(16-27-21)9-8-17-6-4-3-5-7-17/h3-7,16H,8-15H2,1-2H3. The third kappa shape index (κ3) is 3.79. The molecule has 8 heteroatoms. The highest BCUT2D eigenvalue weighted by Crippen LogP contribution is 2.42. The Labute approximate surface area is 202 Å². The van der Waals surface area contributed by atoms with Gasteiger partial charge in [0.25, 0.3) is 5.56 Å². The third-order valence-electron chi connectivity index (χ3n) is 6.79. The average Bonchev–Trinajstić information content (AvgIpc) is 3.23. The number of hydrogen-bond acceptors (Lipinski definition) is 7. The van der Waals surface area contributed by atoms with Gasteiger partial charge in [-0.05, 0) is 31.4 Å². The summed E-state index contributed by atoms with van der Waals surface area (Å²) in [5.41, 5.74) is 4.07. The fourth-order valence-electron chi connectivity index (χ4n) is 4.97. The number of nitrogens with zero attached hydrogens (tertiary/aromatic N) is 4. The topological polar surface area (TPSA) is 69.5 Å². The zero-order valence-corrected chi connectivity index (χ0v) is 20.4. The number of rotatable bonds is 4. The second kappa shape index (κ2) is 8.45. The number of pyridine rings is 1. The van der Waals surface area contributed by atoms with Crippen molar-refractivity contribution >= 4 is 37.6 Å². The van der Waals surface area contributed by atoms with E-state index in [1.54, 1.807) is 10.9 Å². The lowest BCUT2D eigenvalue weighted by Crippen LogP contribution is -2.39. The number of morpholine rings is 1. The molecular weight excluding hydrogens is 448 g/mol. The highest BCUT2D eigenvalue weighted by atomic mass is 32.1. The predicted octanol–water partition coefficient (Wildman–Crippen LogP) is 3.94. The highest BCUT2D eigenvalue weighted by molar-refractivity contribution is 7.25. The lowest BCUT2D eigenvalue weighted by molar-refractivity contribution is -0.0396. The van der Waals surface area contributed by atoms with Gasteiger partial charge in [0.1, 0.15) is 15.3 Å². The van der Waals surface area contributed by atoms with Crippen LogP contribution in [0.3, 0.4) is 0 Å². The SMILES string of the molecule is CC1(C)Cc2c(c(N3CCOCC3)nc3sc4c(=O)n(CCc5ccccc5)cnc4c23)CO1. The molecule has 0 saturated carbocycles. The Morgan fingerprint density at radius 2 is 1.91 bits per heavy atom. The van der Waals surface area contributed by atoms with Crippen molar-refractivity contribution in [3.8, 4) is 0 Å². The fraction of sp³-hybridized carbons (Fsp3) is 0.423. The van der Waals surface area contributed by atoms with E-state index < -0.39 is 0 Å². The number of aromatic nitrogens is 3. The quantitative estimate of drug-likeness (QED) is 0.445. The lowest BCUT2D eigenvalue weighted by atomic mass is 9.90. The van der Waals surface area contributed by atoms with Crippen molar-refractivity contribution in [2.24, 2.45) is 0 Å². The molecule has 1 fully saturated rings. The predicted molar refractivity (Wildman–Crippen MR) is 135 cm³/mol. The fourth-order valence-corrected chi connectivity index (χ4v) is 6.07. The van der Waals surface area contributed by atoms with Crippen molar-refractivity contribution in [3.05, 3.63) is 63.7 Å². The van der Waals surface area contributed by atoms with Crippen molar-refractivity contribution in [2.45, 2.75) is 45.4 Å². The van der Waals surface area contributed by atoms with Crippen LogP contribution in [0.15, 0.2) is 41.5 Å². The first-order valence-electron chi connectivity index (χ1n) is 11.8. The van der Waals surface area contributed by atoms with E-state index in [0.717, 1.165) is 53.0 Å². The molecule has 0 bridgehead atoms. The van der Waals surface area contributed by atoms with Crippen LogP contribution in [-0.2, 0) is 35.5 Å². The molecule has 0 atom stereocenters. The largest absolute Gasteiger partial charge is 0.378 e. The van der Waals surface area contributed by atoms with Crippen molar-refractivity contribution in [1.29, 1.82) is 0 Å². The number of aryl methyl sites for hydroxylation is 2. The number of thiophene rings is 1. The summed E-state index contributed by atoms with van der Waals surface area (Å²) in [7, 11) is 0. The molecule has 1 aromatic carbocycles. The van der Waals surface area contributed by atoms with Gasteiger partial charge in [-0.15, -0.1) is 11.3 Å². The van der Waals surface area contributed by atoms with Crippen LogP contribution in [0.1, 0.15) is 30.5 Å². The van der Waals surface area contributed by atoms with Crippen molar-refractivity contribution < 1.29 is 9.47 Å². The summed E-state index contributed by atoms with van der Waals surface area (Å²) in [4.78, 5) is 26.5. The van der Waals surface area contributed by atoms with Crippen molar-refractivity contribution in [1.82, 2.24) is 14.5 Å². The van der Waals surface area contributed by atoms with Gasteiger partial charge in [-0.1, -0.05) is 30.3 Å². The molecule has 2 aliphatic rings. The van der Waals surface area contributed by atoms with Gasteiger partial charge in [0.15, 0.2) is 0 Å². The van der Waals surface area contributed by atoms with Crippen LogP contribution in [0, 0.1) is 0 Å². The lowest BCUT2D eigenvalue weighted by Gasteiger charge is -2.36. The second-order valence-corrected chi connectivity index (χ2v) is 10.7. The smallest absolute Gasteiger partial charge is 0.271 e. The van der Waals surface area contributed by atoms with Crippen LogP contribution in [0.5, 0.6) is 0 Å². The van der Waals surface area contributed by atoms with Crippen LogP contribution in [-0.4, -0.2) is 46.4 Å². The van der Waals surface area contributed by atoms with Crippen LogP contribution in [0.4, 0.5) is 5.82 Å². The van der Waals surface area contributed by atoms with Gasteiger partial charge in [-0.3, -0.25) is 9.36 Å². The molecular formula is C26H28N4O3S. The first kappa shape index (κ1) is 21.7. The van der Waals surface area contributed by atoms with E-state index in [9.17, 15) is 4.79 Å². The monoisotopic (exact) mass is 476 g/mol. The van der Waals surface area contributed by atoms with E-state index in [2.05, 4.69) is 30.9 Å². The zero-order valence-electron chi connectivity index (χ0n) is 19.5. The van der Waals surface area contributed by atoms with Crippen molar-refractivity contribution in [2.75, 3.05) is 31.2 Å². The summed E-state index contributed by atoms with van der Waals surface area (Å²) in [5, 5.41) is 1.02. The van der Waals surface area contributed by atoms with Gasteiger partial charge in [0.2, 0.25) is 0 Å². The minimum atomic E-state index is -0.275. The number of fused-ring (bicyclic) bond motifs is 5. The Balaban J connectivity index is 1.48. The minimum Gasteiger partial charge on any atom is -0.378 e. The number of benzene rings is 1. The zero-order chi connectivity index (χ0) is 23.3. The van der Waals surface area contributed by atoms with Gasteiger partial charge >= 0.3 is 0 Å². The molecule has 5 heterocycles. The Bertz CT molecular complexity index is 1420. The van der Waals surface area contributed by atoms with Gasteiger partial charge in [0, 0.05) is 37.0 Å². The second-order valence-electron chi connectivity index (χ2n) is 9.66. The Morgan fingerprint density at radius 3 is 2.71 bits per heavy atom. The van der Waals surface area contributed by atoms with E-state index in [0.29, 0.717) is 31.1 Å². The van der Waals surface area contributed by atoms with Crippen LogP contribution in [0.25, 0.3) is 20.4 Å². The van der Waals surface area contributed by atoms with E-state index in [1.807, 2.05) is 18.2 Å². The molecule has 0 amide bonds. The molecule has 0 unspecified atom stereocenters. The van der Waals surface area contributed by atoms with E-state index >= 15 is 0 Å². The summed E-state index contributed by atoms with van der Waals surface area (Å²) < 4.78 is 14.2. The molecule has 0 aliphatic carbocycles. The number of ether oxygens (including phenoxy) is 2. The minimum absolute atomic E-state index is 0.0110. The van der Waals surface area contributed by atoms with Crippen LogP contribution < -0.4 is 10.5 Å². The van der Waals surface area contributed by atoms with Gasteiger partial charge in [-0.25, -0.2) is 9.97 Å². The van der Waals surface area contributed by atoms with E-state index in [1.165, 1.54) is 22.5 Å². The summed E-state index contributed by atoms with van der Waals surface area (Å²) in [6.45, 7) is 8.37. The van der Waals surface area contributed by atoms with E-state index in [-0.39, 0.29) is 11.2 Å². The van der Waals surface area contributed by atoms with Gasteiger partial charge in [-0.2, -0.15) is 0 Å². The molecule has 176 valence electrons. The summed E-state index contributed by atoms with van der Waals surface area (Å²) in [6, 6.07) is 10.2. The third-order valence-corrected chi connectivity index (χ3v) is 7.85. The van der Waals surface area contributed by atoms with Gasteiger partial charge in [0.05, 0.1) is 37.3 Å². The normalized spacial score (nSPS) is 17.9. The molecule has 3 aromatic heterocycles. The summed E-state index contributed by atoms with van der Waals surface area (Å²) in [5.74, 6) is 0.970. The molecule has 4 aromatic rings. The summed E-state index contributed by atoms with van der Waals surface area (Å²) >= 11 is 1.47. The molecule has 6 rings (SSSR count). The molecule has 1 saturated heterocycles. The molecule has 0 spiro atoms. The van der Waals surface area contributed by atoms with Crippen molar-refractivity contribution in [3.63, 3.8) is 0 Å². The average molecular weight is 477 g/mol. The molecule has 0 N–H and O–H groups in total. The maximum atomic E-state index is 13.5. The molecule has 2 aliphatic heterocycles. The highest BCUT2D eigenvalue weighted by Gasteiger charge is 2.33. The Morgan fingerprint density at radius 1 is 1.12 bits per heavy atom. The molecule has 7 nitrogen and oxygen atoms in total. The van der Waals surface area contributed by atoms with Gasteiger partial charge < -0.3 is 14.4 Å². The first-order chi connectivity index (χ1) is 16.5. The Kier molecular flexibility index (Phi) is 5.39. The first-order valence-corrected chi connectivity index (χ1v) is 12.7. The molecule has 0 radical (unpaired) electrons. The van der Waals surface area contributed by atoms with E-state index in [4.69, 9.17) is 19.4 Å². The Hall–Kier alpha value is -2.81. The van der Waals surface area contributed by atoms with Crippen LogP contribution in [0.2, 0.25) is 0 Å². The summed E-state index contributed by atoms with van der Waals surface area (Å²) in [6.07, 6.45) is 3.26. The molecule has 34 heavy (non-hydrogen) atoms. The maximum absolute atomic E-state index is 13.5.